The van der Waals surface area contributed by atoms with E-state index >= 15 is 0 Å². The van der Waals surface area contributed by atoms with E-state index in [4.69, 9.17) is 4.74 Å². The number of pyridine rings is 1. The van der Waals surface area contributed by atoms with Crippen molar-refractivity contribution >= 4 is 22.8 Å². The van der Waals surface area contributed by atoms with Crippen molar-refractivity contribution in [3.05, 3.63) is 102 Å². The minimum absolute atomic E-state index is 0.0140. The van der Waals surface area contributed by atoms with Gasteiger partial charge < -0.3 is 19.9 Å². The maximum Gasteiger partial charge on any atom is 0.407 e. The molecule has 1 atom stereocenters. The number of aromatic nitrogens is 3. The fraction of sp³-hybridized carbons (Fsp3) is 0.242. The molecule has 1 saturated heterocycles. The van der Waals surface area contributed by atoms with Gasteiger partial charge in [0.1, 0.15) is 29.6 Å². The molecule has 3 heterocycles. The zero-order chi connectivity index (χ0) is 30.1. The van der Waals surface area contributed by atoms with Crippen molar-refractivity contribution in [3.8, 4) is 22.5 Å². The second-order valence-corrected chi connectivity index (χ2v) is 10.9. The van der Waals surface area contributed by atoms with Crippen LogP contribution in [-0.2, 0) is 11.3 Å². The van der Waals surface area contributed by atoms with Crippen molar-refractivity contribution in [3.63, 3.8) is 0 Å². The number of hydrogen-bond acceptors (Lipinski definition) is 5. The third kappa shape index (κ3) is 5.90. The van der Waals surface area contributed by atoms with E-state index in [1.165, 1.54) is 18.2 Å². The lowest BCUT2D eigenvalue weighted by Gasteiger charge is -2.46. The average molecular weight is 586 g/mol. The Labute approximate surface area is 246 Å². The summed E-state index contributed by atoms with van der Waals surface area (Å²) in [7, 11) is 0. The summed E-state index contributed by atoms with van der Waals surface area (Å²) in [4.78, 5) is 26.6. The zero-order valence-corrected chi connectivity index (χ0v) is 23.7. The molecule has 0 bridgehead atoms. The van der Waals surface area contributed by atoms with Gasteiger partial charge in [-0.1, -0.05) is 43.3 Å². The first-order valence-corrected chi connectivity index (χ1v) is 14.1. The SMILES string of the molecule is CCC(NC(=O)OCc1ccccc1)C1CN(c2c(-c3cc(C)cc(F)c3)cncc2-c2nc3c(F)cc(F)cc3[nH]2)C1. The standard InChI is InChI=1S/C33H30F3N5O2/c1-3-28(39-33(42)43-18-20-7-5-4-6-8-20)22-16-41(17-22)31-25(21-9-19(2)10-23(34)11-21)14-37-15-26(31)32-38-29-13-24(35)12-27(36)30(29)40-32/h4-15,22,28H,3,16-18H2,1-2H3,(H,38,40)(H,39,42). The number of benzene rings is 3. The molecule has 3 aromatic carbocycles. The Bertz CT molecular complexity index is 1770. The first-order valence-electron chi connectivity index (χ1n) is 14.1. The van der Waals surface area contributed by atoms with E-state index in [0.29, 0.717) is 42.0 Å². The van der Waals surface area contributed by atoms with E-state index in [9.17, 15) is 18.0 Å². The van der Waals surface area contributed by atoms with Crippen LogP contribution in [0.2, 0.25) is 0 Å². The Balaban J connectivity index is 1.29. The fourth-order valence-corrected chi connectivity index (χ4v) is 5.66. The monoisotopic (exact) mass is 585 g/mol. The van der Waals surface area contributed by atoms with Gasteiger partial charge in [0.25, 0.3) is 0 Å². The van der Waals surface area contributed by atoms with Crippen molar-refractivity contribution < 1.29 is 22.7 Å². The Kier molecular flexibility index (Phi) is 7.75. The number of nitrogens with one attached hydrogen (secondary N) is 2. The van der Waals surface area contributed by atoms with Gasteiger partial charge in [-0.3, -0.25) is 4.98 Å². The molecule has 0 aliphatic carbocycles. The molecule has 43 heavy (non-hydrogen) atoms. The van der Waals surface area contributed by atoms with Crippen LogP contribution >= 0.6 is 0 Å². The van der Waals surface area contributed by atoms with Gasteiger partial charge in [-0.05, 0) is 48.2 Å². The van der Waals surface area contributed by atoms with Crippen LogP contribution in [0.5, 0.6) is 0 Å². The number of aryl methyl sites for hydroxylation is 1. The Morgan fingerprint density at radius 1 is 1.05 bits per heavy atom. The molecule has 5 aromatic rings. The first-order chi connectivity index (χ1) is 20.8. The molecule has 10 heteroatoms. The summed E-state index contributed by atoms with van der Waals surface area (Å²) >= 11 is 0. The number of ether oxygens (including phenoxy) is 1. The fourth-order valence-electron chi connectivity index (χ4n) is 5.66. The lowest BCUT2D eigenvalue weighted by Crippen LogP contribution is -2.57. The lowest BCUT2D eigenvalue weighted by atomic mass is 9.87. The second kappa shape index (κ2) is 11.8. The number of imidazole rings is 1. The number of nitrogens with zero attached hydrogens (tertiary/aromatic N) is 3. The minimum Gasteiger partial charge on any atom is -0.445 e. The number of fused-ring (bicyclic) bond motifs is 1. The highest BCUT2D eigenvalue weighted by molar-refractivity contribution is 5.91. The van der Waals surface area contributed by atoms with Crippen LogP contribution in [0.1, 0.15) is 24.5 Å². The topological polar surface area (TPSA) is 83.1 Å². The second-order valence-electron chi connectivity index (χ2n) is 10.9. The summed E-state index contributed by atoms with van der Waals surface area (Å²) < 4.78 is 48.4. The van der Waals surface area contributed by atoms with Crippen molar-refractivity contribution in [2.75, 3.05) is 18.0 Å². The Morgan fingerprint density at radius 2 is 1.79 bits per heavy atom. The average Bonchev–Trinajstić information content (AvgIpc) is 3.39. The molecule has 0 saturated carbocycles. The van der Waals surface area contributed by atoms with Gasteiger partial charge in [0, 0.05) is 49.1 Å². The molecule has 1 aliphatic rings. The molecule has 1 unspecified atom stereocenters. The summed E-state index contributed by atoms with van der Waals surface area (Å²) in [5, 5.41) is 3.00. The number of halogens is 3. The normalized spacial score (nSPS) is 14.0. The van der Waals surface area contributed by atoms with Crippen LogP contribution < -0.4 is 10.2 Å². The first kappa shape index (κ1) is 28.3. The quantitative estimate of drug-likeness (QED) is 0.202. The summed E-state index contributed by atoms with van der Waals surface area (Å²) in [6, 6.07) is 16.1. The van der Waals surface area contributed by atoms with Gasteiger partial charge in [-0.15, -0.1) is 0 Å². The number of carbonyl (C=O) groups is 1. The molecule has 220 valence electrons. The molecule has 1 fully saturated rings. The van der Waals surface area contributed by atoms with Crippen LogP contribution in [0, 0.1) is 30.3 Å². The number of amides is 1. The van der Waals surface area contributed by atoms with E-state index in [1.54, 1.807) is 12.4 Å². The summed E-state index contributed by atoms with van der Waals surface area (Å²) in [6.07, 6.45) is 3.50. The highest BCUT2D eigenvalue weighted by atomic mass is 19.1. The van der Waals surface area contributed by atoms with E-state index in [0.717, 1.165) is 22.9 Å². The number of carbonyl (C=O) groups excluding carboxylic acids is 1. The number of anilines is 1. The number of rotatable bonds is 8. The summed E-state index contributed by atoms with van der Waals surface area (Å²) in [6.45, 7) is 5.16. The predicted octanol–water partition coefficient (Wildman–Crippen LogP) is 7.16. The summed E-state index contributed by atoms with van der Waals surface area (Å²) in [5.41, 5.74) is 4.49. The Morgan fingerprint density at radius 3 is 2.53 bits per heavy atom. The van der Waals surface area contributed by atoms with Crippen LogP contribution in [0.25, 0.3) is 33.5 Å². The van der Waals surface area contributed by atoms with E-state index in [2.05, 4.69) is 25.2 Å². The van der Waals surface area contributed by atoms with Gasteiger partial charge in [0.05, 0.1) is 16.8 Å². The molecular formula is C33H30F3N5O2. The third-order valence-electron chi connectivity index (χ3n) is 7.78. The molecule has 7 nitrogen and oxygen atoms in total. The molecule has 1 amide bonds. The molecule has 2 N–H and O–H groups in total. The highest BCUT2D eigenvalue weighted by Gasteiger charge is 2.36. The maximum atomic E-state index is 14.5. The third-order valence-corrected chi connectivity index (χ3v) is 7.78. The van der Waals surface area contributed by atoms with Crippen molar-refractivity contribution in [1.82, 2.24) is 20.3 Å². The maximum absolute atomic E-state index is 14.5. The van der Waals surface area contributed by atoms with Gasteiger partial charge >= 0.3 is 6.09 Å². The molecule has 6 rings (SSSR count). The molecule has 0 radical (unpaired) electrons. The van der Waals surface area contributed by atoms with Gasteiger partial charge in [-0.2, -0.15) is 0 Å². The molecular weight excluding hydrogens is 555 g/mol. The van der Waals surface area contributed by atoms with Crippen LogP contribution in [0.4, 0.5) is 23.7 Å². The minimum atomic E-state index is -0.774. The van der Waals surface area contributed by atoms with Crippen LogP contribution in [-0.4, -0.2) is 40.2 Å². The van der Waals surface area contributed by atoms with Gasteiger partial charge in [0.2, 0.25) is 0 Å². The van der Waals surface area contributed by atoms with E-state index < -0.39 is 17.7 Å². The van der Waals surface area contributed by atoms with Crippen LogP contribution in [0.15, 0.2) is 73.1 Å². The van der Waals surface area contributed by atoms with Crippen molar-refractivity contribution in [2.24, 2.45) is 5.92 Å². The lowest BCUT2D eigenvalue weighted by molar-refractivity contribution is 0.129. The summed E-state index contributed by atoms with van der Waals surface area (Å²) in [5.74, 6) is -1.44. The van der Waals surface area contributed by atoms with E-state index in [1.807, 2.05) is 50.2 Å². The van der Waals surface area contributed by atoms with Crippen LogP contribution in [0.3, 0.4) is 0 Å². The molecule has 0 spiro atoms. The number of hydrogen-bond donors (Lipinski definition) is 2. The number of H-pyrrole nitrogens is 1. The van der Waals surface area contributed by atoms with Gasteiger partial charge in [-0.25, -0.2) is 22.9 Å². The largest absolute Gasteiger partial charge is 0.445 e. The Hall–Kier alpha value is -4.86. The number of aromatic amines is 1. The smallest absolute Gasteiger partial charge is 0.407 e. The van der Waals surface area contributed by atoms with Crippen molar-refractivity contribution in [2.45, 2.75) is 32.9 Å². The number of alkyl carbamates (subject to hydrolysis) is 1. The zero-order valence-electron chi connectivity index (χ0n) is 23.7. The van der Waals surface area contributed by atoms with E-state index in [-0.39, 0.29) is 35.4 Å². The highest BCUT2D eigenvalue weighted by Crippen LogP contribution is 2.42. The van der Waals surface area contributed by atoms with Gasteiger partial charge in [0.15, 0.2) is 5.82 Å². The molecule has 2 aromatic heterocycles. The molecule has 1 aliphatic heterocycles. The predicted molar refractivity (Wildman–Crippen MR) is 159 cm³/mol. The van der Waals surface area contributed by atoms with Crippen molar-refractivity contribution in [1.29, 1.82) is 0 Å².